The standard InChI is InChI=1S/C26H25N3O5S/c1-33-22-11-12-27-21(22)15-18-25-17(7-3-4-8-24(31)34-2)19(9-10-20(25)29-26(18)32)28-23(30)14-16-6-5-13-35-16/h5-6,9-13,15,26-27,29,32H,4,8,14H2,1-2H3,(H,28,30)/b18-15-. The van der Waals surface area contributed by atoms with Crippen molar-refractivity contribution in [3.05, 3.63) is 63.6 Å². The van der Waals surface area contributed by atoms with Gasteiger partial charge in [0.1, 0.15) is 5.75 Å². The number of carbonyl (C=O) groups excluding carboxylic acids is 2. The molecule has 0 saturated carbocycles. The maximum atomic E-state index is 12.8. The Bertz CT molecular complexity index is 1310. The lowest BCUT2D eigenvalue weighted by molar-refractivity contribution is -0.140. The SMILES string of the molecule is COC(=O)CCC#Cc1c(NC(=O)Cc2cccs2)ccc2c1/C(=C/c1[nH]ccc1OC)C(O)N2. The highest BCUT2D eigenvalue weighted by Gasteiger charge is 2.29. The summed E-state index contributed by atoms with van der Waals surface area (Å²) in [7, 11) is 2.90. The monoisotopic (exact) mass is 491 g/mol. The molecule has 1 unspecified atom stereocenters. The molecule has 0 fully saturated rings. The maximum absolute atomic E-state index is 12.8. The molecular formula is C26H25N3O5S. The molecule has 4 N–H and O–H groups in total. The Hall–Kier alpha value is -4.00. The Morgan fingerprint density at radius 2 is 2.11 bits per heavy atom. The van der Waals surface area contributed by atoms with Crippen molar-refractivity contribution >= 4 is 46.2 Å². The minimum Gasteiger partial charge on any atom is -0.495 e. The van der Waals surface area contributed by atoms with Crippen LogP contribution in [-0.4, -0.2) is 42.4 Å². The molecule has 0 aliphatic carbocycles. The van der Waals surface area contributed by atoms with Crippen molar-refractivity contribution in [2.75, 3.05) is 24.9 Å². The lowest BCUT2D eigenvalue weighted by Crippen LogP contribution is -2.15. The first-order valence-corrected chi connectivity index (χ1v) is 11.8. The summed E-state index contributed by atoms with van der Waals surface area (Å²) >= 11 is 1.51. The van der Waals surface area contributed by atoms with E-state index in [1.807, 2.05) is 17.5 Å². The molecule has 4 rings (SSSR count). The number of aromatic amines is 1. The van der Waals surface area contributed by atoms with Crippen molar-refractivity contribution in [3.63, 3.8) is 0 Å². The number of benzene rings is 1. The van der Waals surface area contributed by atoms with Gasteiger partial charge >= 0.3 is 5.97 Å². The van der Waals surface area contributed by atoms with Crippen LogP contribution in [0, 0.1) is 11.8 Å². The second-order valence-corrected chi connectivity index (χ2v) is 8.73. The number of nitrogens with one attached hydrogen (secondary N) is 3. The van der Waals surface area contributed by atoms with Crippen LogP contribution < -0.4 is 15.4 Å². The van der Waals surface area contributed by atoms with Crippen LogP contribution in [0.5, 0.6) is 5.75 Å². The van der Waals surface area contributed by atoms with Gasteiger partial charge in [-0.3, -0.25) is 9.59 Å². The molecule has 0 radical (unpaired) electrons. The fourth-order valence-electron chi connectivity index (χ4n) is 3.77. The quantitative estimate of drug-likeness (QED) is 0.295. The molecule has 35 heavy (non-hydrogen) atoms. The Morgan fingerprint density at radius 1 is 1.26 bits per heavy atom. The first-order valence-electron chi connectivity index (χ1n) is 10.9. The van der Waals surface area contributed by atoms with Gasteiger partial charge in [-0.2, -0.15) is 0 Å². The summed E-state index contributed by atoms with van der Waals surface area (Å²) in [5.41, 5.74) is 3.69. The number of amides is 1. The van der Waals surface area contributed by atoms with E-state index in [0.29, 0.717) is 45.9 Å². The Kier molecular flexibility index (Phi) is 7.55. The van der Waals surface area contributed by atoms with Gasteiger partial charge in [-0.1, -0.05) is 17.9 Å². The number of thiophene rings is 1. The van der Waals surface area contributed by atoms with Crippen LogP contribution in [0.2, 0.25) is 0 Å². The lowest BCUT2D eigenvalue weighted by Gasteiger charge is -2.12. The zero-order valence-electron chi connectivity index (χ0n) is 19.3. The number of hydrogen-bond donors (Lipinski definition) is 4. The summed E-state index contributed by atoms with van der Waals surface area (Å²) in [5, 5.41) is 18.7. The molecule has 3 aromatic rings. The summed E-state index contributed by atoms with van der Waals surface area (Å²) in [6.45, 7) is 0. The van der Waals surface area contributed by atoms with Crippen molar-refractivity contribution in [1.29, 1.82) is 0 Å². The zero-order chi connectivity index (χ0) is 24.8. The van der Waals surface area contributed by atoms with Gasteiger partial charge in [-0.25, -0.2) is 0 Å². The fraction of sp³-hybridized carbons (Fsp3) is 0.231. The molecule has 2 aromatic heterocycles. The molecule has 180 valence electrons. The number of H-pyrrole nitrogens is 1. The number of methoxy groups -OCH3 is 2. The minimum atomic E-state index is -0.981. The Morgan fingerprint density at radius 3 is 2.86 bits per heavy atom. The van der Waals surface area contributed by atoms with Gasteiger partial charge < -0.3 is 30.2 Å². The third kappa shape index (κ3) is 5.57. The predicted octanol–water partition coefficient (Wildman–Crippen LogP) is 3.86. The Balaban J connectivity index is 1.74. The van der Waals surface area contributed by atoms with E-state index in [2.05, 4.69) is 32.2 Å². The smallest absolute Gasteiger partial charge is 0.306 e. The molecule has 3 heterocycles. The highest BCUT2D eigenvalue weighted by Crippen LogP contribution is 2.41. The van der Waals surface area contributed by atoms with Gasteiger partial charge in [-0.05, 0) is 35.7 Å². The normalized spacial score (nSPS) is 15.1. The summed E-state index contributed by atoms with van der Waals surface area (Å²) in [5.74, 6) is 6.22. The van der Waals surface area contributed by atoms with Gasteiger partial charge in [-0.15, -0.1) is 11.3 Å². The second kappa shape index (κ2) is 11.0. The van der Waals surface area contributed by atoms with E-state index < -0.39 is 6.23 Å². The number of aliphatic hydroxyl groups is 1. The number of aliphatic hydroxyl groups excluding tert-OH is 1. The second-order valence-electron chi connectivity index (χ2n) is 7.70. The van der Waals surface area contributed by atoms with Crippen LogP contribution in [0.25, 0.3) is 11.6 Å². The first kappa shape index (κ1) is 24.1. The molecule has 0 saturated heterocycles. The van der Waals surface area contributed by atoms with Crippen molar-refractivity contribution in [2.45, 2.75) is 25.5 Å². The fourth-order valence-corrected chi connectivity index (χ4v) is 4.47. The van der Waals surface area contributed by atoms with Crippen molar-refractivity contribution < 1.29 is 24.2 Å². The van der Waals surface area contributed by atoms with Crippen LogP contribution in [0.4, 0.5) is 11.4 Å². The molecule has 1 aromatic carbocycles. The molecule has 1 aliphatic rings. The third-order valence-electron chi connectivity index (χ3n) is 5.42. The molecule has 9 heteroatoms. The number of anilines is 2. The van der Waals surface area contributed by atoms with Crippen molar-refractivity contribution in [3.8, 4) is 17.6 Å². The number of ether oxygens (including phenoxy) is 2. The first-order chi connectivity index (χ1) is 17.0. The van der Waals surface area contributed by atoms with Crippen LogP contribution in [0.15, 0.2) is 41.9 Å². The average molecular weight is 492 g/mol. The summed E-state index contributed by atoms with van der Waals surface area (Å²) < 4.78 is 10.1. The average Bonchev–Trinajstić information content (AvgIpc) is 3.59. The van der Waals surface area contributed by atoms with Crippen LogP contribution in [0.1, 0.15) is 34.5 Å². The van der Waals surface area contributed by atoms with Crippen molar-refractivity contribution in [1.82, 2.24) is 4.98 Å². The van der Waals surface area contributed by atoms with Gasteiger partial charge in [0.25, 0.3) is 0 Å². The zero-order valence-corrected chi connectivity index (χ0v) is 20.1. The summed E-state index contributed by atoms with van der Waals surface area (Å²) in [4.78, 5) is 28.3. The van der Waals surface area contributed by atoms with E-state index >= 15 is 0 Å². The van der Waals surface area contributed by atoms with Gasteiger partial charge in [0.05, 0.1) is 44.0 Å². The molecule has 1 aliphatic heterocycles. The topological polar surface area (TPSA) is 113 Å². The van der Waals surface area contributed by atoms with E-state index in [1.165, 1.54) is 18.4 Å². The van der Waals surface area contributed by atoms with E-state index in [9.17, 15) is 14.7 Å². The highest BCUT2D eigenvalue weighted by atomic mass is 32.1. The van der Waals surface area contributed by atoms with Crippen LogP contribution in [0.3, 0.4) is 0 Å². The van der Waals surface area contributed by atoms with Crippen molar-refractivity contribution in [2.24, 2.45) is 0 Å². The Labute approximate surface area is 207 Å². The summed E-state index contributed by atoms with van der Waals surface area (Å²) in [6.07, 6.45) is 3.24. The van der Waals surface area contributed by atoms with Crippen LogP contribution >= 0.6 is 11.3 Å². The van der Waals surface area contributed by atoms with E-state index in [4.69, 9.17) is 4.74 Å². The molecular weight excluding hydrogens is 466 g/mol. The van der Waals surface area contributed by atoms with Gasteiger partial charge in [0.2, 0.25) is 5.91 Å². The molecule has 1 amide bonds. The molecule has 1 atom stereocenters. The molecule has 0 spiro atoms. The number of rotatable bonds is 7. The molecule has 0 bridgehead atoms. The number of fused-ring (bicyclic) bond motifs is 1. The van der Waals surface area contributed by atoms with E-state index in [0.717, 1.165) is 4.88 Å². The number of hydrogen-bond acceptors (Lipinski definition) is 7. The van der Waals surface area contributed by atoms with E-state index in [-0.39, 0.29) is 24.7 Å². The summed E-state index contributed by atoms with van der Waals surface area (Å²) in [6, 6.07) is 9.15. The molecule has 8 nitrogen and oxygen atoms in total. The third-order valence-corrected chi connectivity index (χ3v) is 6.30. The van der Waals surface area contributed by atoms with Gasteiger partial charge in [0, 0.05) is 34.3 Å². The van der Waals surface area contributed by atoms with E-state index in [1.54, 1.807) is 37.6 Å². The number of esters is 1. The van der Waals surface area contributed by atoms with Gasteiger partial charge in [0.15, 0.2) is 6.23 Å². The maximum Gasteiger partial charge on any atom is 0.306 e. The predicted molar refractivity (Wildman–Crippen MR) is 136 cm³/mol. The van der Waals surface area contributed by atoms with Crippen LogP contribution in [-0.2, 0) is 20.7 Å². The largest absolute Gasteiger partial charge is 0.495 e. The number of carbonyl (C=O) groups is 2. The lowest BCUT2D eigenvalue weighted by atomic mass is 9.97. The number of aromatic nitrogens is 1. The highest BCUT2D eigenvalue weighted by molar-refractivity contribution is 7.10. The minimum absolute atomic E-state index is 0.155.